The molecule has 0 aliphatic heterocycles. The van der Waals surface area contributed by atoms with Crippen LogP contribution >= 0.6 is 0 Å². The zero-order valence-corrected chi connectivity index (χ0v) is 12.3. The van der Waals surface area contributed by atoms with Crippen LogP contribution in [0.4, 0.5) is 17.1 Å². The number of nitrogen functional groups attached to an aromatic ring is 1. The monoisotopic (exact) mass is 269 g/mol. The first kappa shape index (κ1) is 14.3. The topological polar surface area (TPSA) is 32.5 Å². The van der Waals surface area contributed by atoms with Crippen molar-refractivity contribution in [3.05, 3.63) is 54.6 Å². The van der Waals surface area contributed by atoms with Gasteiger partial charge in [-0.3, -0.25) is 0 Å². The lowest BCUT2D eigenvalue weighted by Crippen LogP contribution is -2.33. The average molecular weight is 269 g/mol. The van der Waals surface area contributed by atoms with Crippen LogP contribution in [0.3, 0.4) is 0 Å². The Morgan fingerprint density at radius 2 is 1.50 bits per heavy atom. The van der Waals surface area contributed by atoms with Crippen LogP contribution in [0.15, 0.2) is 54.6 Å². The van der Waals surface area contributed by atoms with E-state index < -0.39 is 0 Å². The molecule has 2 N–H and O–H groups in total. The molecule has 0 atom stereocenters. The quantitative estimate of drug-likeness (QED) is 0.817. The molecule has 0 aliphatic carbocycles. The minimum atomic E-state index is 0.807. The maximum atomic E-state index is 5.72. The van der Waals surface area contributed by atoms with Gasteiger partial charge in [-0.2, -0.15) is 0 Å². The summed E-state index contributed by atoms with van der Waals surface area (Å²) in [5, 5.41) is 0. The highest BCUT2D eigenvalue weighted by atomic mass is 15.2. The normalized spacial score (nSPS) is 10.3. The summed E-state index contributed by atoms with van der Waals surface area (Å²) in [5.41, 5.74) is 9.00. The SMILES string of the molecule is CCN(CCN(C)c1ccc(N)cc1)c1ccccc1. The maximum Gasteiger partial charge on any atom is 0.0366 e. The van der Waals surface area contributed by atoms with Gasteiger partial charge >= 0.3 is 0 Å². The van der Waals surface area contributed by atoms with Gasteiger partial charge in [-0.15, -0.1) is 0 Å². The Morgan fingerprint density at radius 3 is 2.10 bits per heavy atom. The summed E-state index contributed by atoms with van der Waals surface area (Å²) in [4.78, 5) is 4.64. The Bertz CT molecular complexity index is 508. The van der Waals surface area contributed by atoms with Gasteiger partial charge in [-0.25, -0.2) is 0 Å². The van der Waals surface area contributed by atoms with E-state index in [-0.39, 0.29) is 0 Å². The van der Waals surface area contributed by atoms with Crippen LogP contribution in [0, 0.1) is 0 Å². The van der Waals surface area contributed by atoms with Gasteiger partial charge < -0.3 is 15.5 Å². The fourth-order valence-electron chi connectivity index (χ4n) is 2.24. The van der Waals surface area contributed by atoms with Crippen LogP contribution in [0.5, 0.6) is 0 Å². The van der Waals surface area contributed by atoms with E-state index in [0.717, 1.165) is 25.3 Å². The maximum absolute atomic E-state index is 5.72. The number of anilines is 3. The van der Waals surface area contributed by atoms with Gasteiger partial charge in [0.2, 0.25) is 0 Å². The van der Waals surface area contributed by atoms with Gasteiger partial charge in [-0.05, 0) is 43.3 Å². The predicted molar refractivity (Wildman–Crippen MR) is 88.5 cm³/mol. The van der Waals surface area contributed by atoms with Gasteiger partial charge in [0.1, 0.15) is 0 Å². The second kappa shape index (κ2) is 6.85. The second-order valence-electron chi connectivity index (χ2n) is 4.93. The van der Waals surface area contributed by atoms with Gasteiger partial charge in [0.05, 0.1) is 0 Å². The van der Waals surface area contributed by atoms with Crippen molar-refractivity contribution >= 4 is 17.1 Å². The molecule has 0 unspecified atom stereocenters. The third-order valence-electron chi connectivity index (χ3n) is 3.54. The van der Waals surface area contributed by atoms with E-state index in [1.165, 1.54) is 11.4 Å². The zero-order valence-electron chi connectivity index (χ0n) is 12.3. The van der Waals surface area contributed by atoms with Crippen molar-refractivity contribution in [2.75, 3.05) is 42.2 Å². The summed E-state index contributed by atoms with van der Waals surface area (Å²) in [6.45, 7) is 5.18. The van der Waals surface area contributed by atoms with Crippen LogP contribution in [-0.2, 0) is 0 Å². The molecule has 2 aromatic carbocycles. The number of para-hydroxylation sites is 1. The highest BCUT2D eigenvalue weighted by Gasteiger charge is 2.06. The van der Waals surface area contributed by atoms with E-state index in [1.807, 2.05) is 12.1 Å². The molecule has 0 aromatic heterocycles. The summed E-state index contributed by atoms with van der Waals surface area (Å²) < 4.78 is 0. The standard InChI is InChI=1S/C17H23N3/c1-3-20(17-7-5-4-6-8-17)14-13-19(2)16-11-9-15(18)10-12-16/h4-12H,3,13-14,18H2,1-2H3. The first-order valence-corrected chi connectivity index (χ1v) is 7.07. The molecule has 0 fully saturated rings. The first-order chi connectivity index (χ1) is 9.70. The molecule has 106 valence electrons. The Labute approximate surface area is 121 Å². The lowest BCUT2D eigenvalue weighted by Gasteiger charge is -2.27. The summed E-state index contributed by atoms with van der Waals surface area (Å²) >= 11 is 0. The fraction of sp³-hybridized carbons (Fsp3) is 0.294. The van der Waals surface area contributed by atoms with E-state index in [4.69, 9.17) is 5.73 Å². The Hall–Kier alpha value is -2.16. The number of nitrogens with zero attached hydrogens (tertiary/aromatic N) is 2. The minimum Gasteiger partial charge on any atom is -0.399 e. The highest BCUT2D eigenvalue weighted by Crippen LogP contribution is 2.16. The van der Waals surface area contributed by atoms with E-state index in [9.17, 15) is 0 Å². The van der Waals surface area contributed by atoms with Crippen LogP contribution in [0.2, 0.25) is 0 Å². The number of nitrogens with two attached hydrogens (primary N) is 1. The Balaban J connectivity index is 1.94. The summed E-state index contributed by atoms with van der Waals surface area (Å²) in [5.74, 6) is 0. The highest BCUT2D eigenvalue weighted by molar-refractivity contribution is 5.53. The van der Waals surface area contributed by atoms with Crippen molar-refractivity contribution in [2.45, 2.75) is 6.92 Å². The minimum absolute atomic E-state index is 0.807. The molecule has 0 aliphatic rings. The zero-order chi connectivity index (χ0) is 14.4. The van der Waals surface area contributed by atoms with Crippen LogP contribution in [0.1, 0.15) is 6.92 Å². The Kier molecular flexibility index (Phi) is 4.88. The number of hydrogen-bond donors (Lipinski definition) is 1. The van der Waals surface area contributed by atoms with Crippen molar-refractivity contribution < 1.29 is 0 Å². The number of likely N-dealkylation sites (N-methyl/N-ethyl adjacent to an activating group) is 2. The fourth-order valence-corrected chi connectivity index (χ4v) is 2.24. The predicted octanol–water partition coefficient (Wildman–Crippen LogP) is 3.23. The van der Waals surface area contributed by atoms with Crippen LogP contribution in [-0.4, -0.2) is 26.7 Å². The van der Waals surface area contributed by atoms with Crippen LogP contribution in [0.25, 0.3) is 0 Å². The molecule has 2 aromatic rings. The molecule has 20 heavy (non-hydrogen) atoms. The summed E-state index contributed by atoms with van der Waals surface area (Å²) in [7, 11) is 2.12. The molecule has 3 nitrogen and oxygen atoms in total. The number of hydrogen-bond acceptors (Lipinski definition) is 3. The molecule has 0 saturated carbocycles. The number of benzene rings is 2. The van der Waals surface area contributed by atoms with Crippen LogP contribution < -0.4 is 15.5 Å². The number of rotatable bonds is 6. The van der Waals surface area contributed by atoms with Gasteiger partial charge in [0.25, 0.3) is 0 Å². The lowest BCUT2D eigenvalue weighted by molar-refractivity contribution is 0.785. The van der Waals surface area contributed by atoms with Crippen molar-refractivity contribution in [3.63, 3.8) is 0 Å². The van der Waals surface area contributed by atoms with Gasteiger partial charge in [0.15, 0.2) is 0 Å². The van der Waals surface area contributed by atoms with Crippen molar-refractivity contribution in [3.8, 4) is 0 Å². The van der Waals surface area contributed by atoms with Crippen molar-refractivity contribution in [1.82, 2.24) is 0 Å². The molecule has 0 saturated heterocycles. The Morgan fingerprint density at radius 1 is 0.850 bits per heavy atom. The molecule has 0 amide bonds. The van der Waals surface area contributed by atoms with Gasteiger partial charge in [-0.1, -0.05) is 18.2 Å². The summed E-state index contributed by atoms with van der Waals surface area (Å²) in [6, 6.07) is 18.6. The smallest absolute Gasteiger partial charge is 0.0366 e. The molecule has 0 spiro atoms. The van der Waals surface area contributed by atoms with Crippen molar-refractivity contribution in [2.24, 2.45) is 0 Å². The molecule has 2 rings (SSSR count). The third-order valence-corrected chi connectivity index (χ3v) is 3.54. The molecule has 0 bridgehead atoms. The molecule has 0 radical (unpaired) electrons. The van der Waals surface area contributed by atoms with E-state index in [1.54, 1.807) is 0 Å². The molecular weight excluding hydrogens is 246 g/mol. The second-order valence-corrected chi connectivity index (χ2v) is 4.93. The lowest BCUT2D eigenvalue weighted by atomic mass is 10.2. The average Bonchev–Trinajstić information content (AvgIpc) is 2.49. The molecular formula is C17H23N3. The summed E-state index contributed by atoms with van der Waals surface area (Å²) in [6.07, 6.45) is 0. The molecule has 3 heteroatoms. The third kappa shape index (κ3) is 3.67. The molecule has 0 heterocycles. The van der Waals surface area contributed by atoms with Crippen molar-refractivity contribution in [1.29, 1.82) is 0 Å². The van der Waals surface area contributed by atoms with Gasteiger partial charge in [0, 0.05) is 43.7 Å². The van der Waals surface area contributed by atoms with E-state index >= 15 is 0 Å². The van der Waals surface area contributed by atoms with E-state index in [2.05, 4.69) is 66.2 Å². The van der Waals surface area contributed by atoms with E-state index in [0.29, 0.717) is 0 Å². The largest absolute Gasteiger partial charge is 0.399 e. The first-order valence-electron chi connectivity index (χ1n) is 7.07.